The maximum Gasteiger partial charge on any atom is 0.245 e. The summed E-state index contributed by atoms with van der Waals surface area (Å²) < 4.78 is 1.72. The van der Waals surface area contributed by atoms with Gasteiger partial charge in [-0.3, -0.25) is 29.0 Å². The molecule has 1 saturated carbocycles. The molecule has 4 heterocycles. The number of hydrogen-bond acceptors (Lipinski definition) is 7. The third kappa shape index (κ3) is 5.20. The Morgan fingerprint density at radius 1 is 1.07 bits per heavy atom. The molecule has 3 atom stereocenters. The first-order valence-electron chi connectivity index (χ1n) is 15.2. The molecule has 9 nitrogen and oxygen atoms in total. The normalized spacial score (nSPS) is 25.1. The smallest absolute Gasteiger partial charge is 0.245 e. The zero-order valence-corrected chi connectivity index (χ0v) is 24.4. The second kappa shape index (κ2) is 11.1. The lowest BCUT2D eigenvalue weighted by molar-refractivity contribution is -0.139. The molecule has 6 rings (SSSR count). The summed E-state index contributed by atoms with van der Waals surface area (Å²) in [6, 6.07) is 3.78. The Hall–Kier alpha value is -3.46. The molecule has 0 radical (unpaired) electrons. The second-order valence-electron chi connectivity index (χ2n) is 12.3. The van der Waals surface area contributed by atoms with Crippen LogP contribution in [-0.2, 0) is 22.6 Å². The first-order valence-corrected chi connectivity index (χ1v) is 15.2. The minimum atomic E-state index is -0.382. The van der Waals surface area contributed by atoms with E-state index in [1.54, 1.807) is 17.1 Å². The fourth-order valence-electron chi connectivity index (χ4n) is 7.06. The number of benzene rings is 1. The van der Waals surface area contributed by atoms with Crippen LogP contribution < -0.4 is 5.32 Å². The van der Waals surface area contributed by atoms with Crippen molar-refractivity contribution in [1.29, 1.82) is 0 Å². The van der Waals surface area contributed by atoms with Crippen LogP contribution in [0.25, 0.3) is 22.2 Å². The first kappa shape index (κ1) is 27.7. The molecule has 9 heteroatoms. The second-order valence-corrected chi connectivity index (χ2v) is 12.3. The fourth-order valence-corrected chi connectivity index (χ4v) is 7.06. The lowest BCUT2D eigenvalue weighted by atomic mass is 9.96. The zero-order valence-electron chi connectivity index (χ0n) is 24.4. The average molecular weight is 557 g/mol. The molecule has 1 aliphatic carbocycles. The molecular weight excluding hydrogens is 516 g/mol. The topological polar surface area (TPSA) is 110 Å². The van der Waals surface area contributed by atoms with E-state index in [2.05, 4.69) is 21.4 Å². The van der Waals surface area contributed by atoms with Crippen LogP contribution in [0.4, 0.5) is 0 Å². The minimum Gasteiger partial charge on any atom is -0.327 e. The Balaban J connectivity index is 1.44. The van der Waals surface area contributed by atoms with E-state index in [-0.39, 0.29) is 41.5 Å². The van der Waals surface area contributed by atoms with Gasteiger partial charge in [0.2, 0.25) is 5.91 Å². The summed E-state index contributed by atoms with van der Waals surface area (Å²) in [6.07, 6.45) is 12.0. The van der Waals surface area contributed by atoms with Crippen molar-refractivity contribution in [3.05, 3.63) is 41.5 Å². The molecule has 3 aromatic rings. The Bertz CT molecular complexity index is 1500. The zero-order chi connectivity index (χ0) is 28.7. The third-order valence-electron chi connectivity index (χ3n) is 9.32. The van der Waals surface area contributed by atoms with Gasteiger partial charge in [-0.15, -0.1) is 0 Å². The minimum absolute atomic E-state index is 0.00790. The highest BCUT2D eigenvalue weighted by molar-refractivity contribution is 6.07. The van der Waals surface area contributed by atoms with Crippen LogP contribution in [0.5, 0.6) is 0 Å². The summed E-state index contributed by atoms with van der Waals surface area (Å²) in [5.74, 6) is -0.114. The van der Waals surface area contributed by atoms with E-state index in [0.29, 0.717) is 12.1 Å². The Morgan fingerprint density at radius 2 is 1.88 bits per heavy atom. The van der Waals surface area contributed by atoms with Crippen molar-refractivity contribution >= 4 is 28.4 Å². The van der Waals surface area contributed by atoms with Crippen LogP contribution >= 0.6 is 0 Å². The molecule has 3 aliphatic rings. The summed E-state index contributed by atoms with van der Waals surface area (Å²) in [7, 11) is 0. The summed E-state index contributed by atoms with van der Waals surface area (Å²) >= 11 is 0. The Morgan fingerprint density at radius 3 is 2.63 bits per heavy atom. The van der Waals surface area contributed by atoms with Crippen molar-refractivity contribution < 1.29 is 14.4 Å². The quantitative estimate of drug-likeness (QED) is 0.473. The molecule has 1 N–H and O–H groups in total. The fraction of sp³-hybridized carbons (Fsp3) is 0.562. The summed E-state index contributed by atoms with van der Waals surface area (Å²) in [5.41, 5.74) is 4.71. The van der Waals surface area contributed by atoms with Gasteiger partial charge in [-0.1, -0.05) is 26.2 Å². The van der Waals surface area contributed by atoms with Crippen LogP contribution in [0.1, 0.15) is 87.0 Å². The van der Waals surface area contributed by atoms with E-state index in [9.17, 15) is 14.4 Å². The number of aromatic nitrogens is 4. The van der Waals surface area contributed by atoms with Crippen molar-refractivity contribution in [3.8, 4) is 11.3 Å². The van der Waals surface area contributed by atoms with E-state index in [1.165, 1.54) is 19.8 Å². The van der Waals surface area contributed by atoms with Crippen LogP contribution in [0.15, 0.2) is 24.5 Å². The predicted molar refractivity (Wildman–Crippen MR) is 157 cm³/mol. The summed E-state index contributed by atoms with van der Waals surface area (Å²) in [6.45, 7) is 7.13. The molecule has 2 aromatic heterocycles. The number of nitrogens with zero attached hydrogens (tertiary/aromatic N) is 5. The van der Waals surface area contributed by atoms with E-state index in [4.69, 9.17) is 5.10 Å². The van der Waals surface area contributed by atoms with Gasteiger partial charge >= 0.3 is 0 Å². The lowest BCUT2D eigenvalue weighted by Crippen LogP contribution is -2.44. The number of nitrogens with one attached hydrogen (secondary N) is 1. The molecule has 1 saturated heterocycles. The van der Waals surface area contributed by atoms with E-state index in [0.717, 1.165) is 85.0 Å². The first-order chi connectivity index (χ1) is 19.8. The van der Waals surface area contributed by atoms with Gasteiger partial charge < -0.3 is 10.2 Å². The molecular formula is C32H40N6O3. The van der Waals surface area contributed by atoms with Gasteiger partial charge in [-0.05, 0) is 63.3 Å². The number of aryl methyl sites for hydroxylation is 2. The van der Waals surface area contributed by atoms with Gasteiger partial charge in [-0.2, -0.15) is 5.10 Å². The molecule has 1 aromatic carbocycles. The van der Waals surface area contributed by atoms with Gasteiger partial charge in [0.25, 0.3) is 0 Å². The molecule has 2 aliphatic heterocycles. The maximum atomic E-state index is 14.0. The van der Waals surface area contributed by atoms with Crippen LogP contribution in [-0.4, -0.2) is 67.3 Å². The molecule has 0 spiro atoms. The monoisotopic (exact) mass is 556 g/mol. The number of Topliss-reactive ketones (excluding diaryl/α,β-unsaturated/α-hetero) is 2. The standard InChI is InChI=1S/C32H40N6O3/c1-4-27(40)26-14-32-15-28(32)38(26)29(41)18-37-31-22(10-8-6-5-7-9-11-33-19-32)12-23(25-17-34-20(2)16-35-25)13-24(31)30(36-37)21(3)39/h12-13,16-17,26,28,33H,4-11,14-15,18-19H2,1-3H3/t26-,28+,32-/m0/s1. The highest BCUT2D eigenvalue weighted by Crippen LogP contribution is 2.59. The van der Waals surface area contributed by atoms with Crippen LogP contribution in [0.2, 0.25) is 0 Å². The van der Waals surface area contributed by atoms with Crippen molar-refractivity contribution in [3.63, 3.8) is 0 Å². The highest BCUT2D eigenvalue weighted by Gasteiger charge is 2.66. The third-order valence-corrected chi connectivity index (χ3v) is 9.32. The van der Waals surface area contributed by atoms with Gasteiger partial charge in [0.15, 0.2) is 11.6 Å². The molecule has 216 valence electrons. The molecule has 1 amide bonds. The Labute approximate surface area is 241 Å². The van der Waals surface area contributed by atoms with Crippen LogP contribution in [0, 0.1) is 12.3 Å². The van der Waals surface area contributed by atoms with E-state index in [1.807, 2.05) is 24.8 Å². The van der Waals surface area contributed by atoms with Crippen molar-refractivity contribution in [2.75, 3.05) is 13.1 Å². The van der Waals surface area contributed by atoms with Gasteiger partial charge in [-0.25, -0.2) is 0 Å². The van der Waals surface area contributed by atoms with Gasteiger partial charge in [0.05, 0.1) is 29.1 Å². The van der Waals surface area contributed by atoms with E-state index < -0.39 is 0 Å². The number of amides is 1. The highest BCUT2D eigenvalue weighted by atomic mass is 16.2. The molecule has 41 heavy (non-hydrogen) atoms. The number of hydrogen-bond donors (Lipinski definition) is 1. The Kier molecular flexibility index (Phi) is 7.49. The van der Waals surface area contributed by atoms with Crippen molar-refractivity contribution in [1.82, 2.24) is 30.0 Å². The summed E-state index contributed by atoms with van der Waals surface area (Å²) in [5, 5.41) is 9.11. The van der Waals surface area contributed by atoms with Crippen molar-refractivity contribution in [2.45, 2.75) is 97.2 Å². The van der Waals surface area contributed by atoms with Crippen molar-refractivity contribution in [2.24, 2.45) is 5.41 Å². The van der Waals surface area contributed by atoms with Gasteiger partial charge in [0.1, 0.15) is 12.2 Å². The SMILES string of the molecule is CCC(=O)[C@@H]1C[C@]23CNCCCCCCCc4cc(-c5cnc(C)cn5)cc5c(C(C)=O)nn(c45)CC(=O)N1[C@@H]2C3. The molecule has 0 unspecified atom stereocenters. The van der Waals surface area contributed by atoms with Gasteiger partial charge in [0, 0.05) is 48.5 Å². The maximum absolute atomic E-state index is 14.0. The predicted octanol–water partition coefficient (Wildman–Crippen LogP) is 4.44. The summed E-state index contributed by atoms with van der Waals surface area (Å²) in [4.78, 5) is 50.8. The van der Waals surface area contributed by atoms with E-state index >= 15 is 0 Å². The number of ketones is 2. The van der Waals surface area contributed by atoms with Crippen LogP contribution in [0.3, 0.4) is 0 Å². The molecule has 2 bridgehead atoms. The average Bonchev–Trinajstić information content (AvgIpc) is 3.36. The number of carbonyl (C=O) groups excluding carboxylic acids is 3. The number of rotatable bonds is 4. The lowest BCUT2D eigenvalue weighted by Gasteiger charge is -2.26. The largest absolute Gasteiger partial charge is 0.327 e. The molecule has 2 fully saturated rings. The number of piperidine rings is 1. The number of carbonyl (C=O) groups is 3.